The van der Waals surface area contributed by atoms with Crippen LogP contribution in [0.3, 0.4) is 0 Å². The van der Waals surface area contributed by atoms with Gasteiger partial charge in [-0.05, 0) is 50.6 Å². The molecule has 1 aliphatic rings. The Morgan fingerprint density at radius 3 is 2.58 bits per heavy atom. The van der Waals surface area contributed by atoms with E-state index in [-0.39, 0.29) is 24.0 Å². The van der Waals surface area contributed by atoms with Crippen LogP contribution in [0, 0.1) is 6.92 Å². The van der Waals surface area contributed by atoms with E-state index in [1.807, 2.05) is 20.0 Å². The third kappa shape index (κ3) is 4.26. The molecule has 0 spiro atoms. The summed E-state index contributed by atoms with van der Waals surface area (Å²) in [4.78, 5) is 25.9. The fourth-order valence-corrected chi connectivity index (χ4v) is 3.19. The predicted molar refractivity (Wildman–Crippen MR) is 91.3 cm³/mol. The number of aryl methyl sites for hydroxylation is 1. The molecule has 2 rings (SSSR count). The minimum atomic E-state index is -0.190. The number of carbonyl (C=O) groups is 2. The van der Waals surface area contributed by atoms with Crippen LogP contribution in [0.15, 0.2) is 18.2 Å². The third-order valence-electron chi connectivity index (χ3n) is 4.77. The van der Waals surface area contributed by atoms with Crippen molar-refractivity contribution in [3.05, 3.63) is 29.3 Å². The standard InChI is InChI=1S/C18H26N2O4/c1-12-9-13(5-8-16(12)23-3)18(22)19-11-15-7-6-14(20(15)2)10-17(21)24-4/h5,8-9,14-15H,6-7,10-11H2,1-4H3,(H,19,22)/t14-,15+/m1/s1. The van der Waals surface area contributed by atoms with Crippen molar-refractivity contribution in [2.75, 3.05) is 27.8 Å². The van der Waals surface area contributed by atoms with Crippen LogP contribution >= 0.6 is 0 Å². The van der Waals surface area contributed by atoms with Crippen molar-refractivity contribution >= 4 is 11.9 Å². The lowest BCUT2D eigenvalue weighted by Crippen LogP contribution is -2.41. The maximum absolute atomic E-state index is 12.3. The Balaban J connectivity index is 1.88. The molecule has 6 heteroatoms. The molecule has 0 unspecified atom stereocenters. The molecule has 2 atom stereocenters. The predicted octanol–water partition coefficient (Wildman–Crippen LogP) is 1.76. The van der Waals surface area contributed by atoms with Gasteiger partial charge in [-0.2, -0.15) is 0 Å². The summed E-state index contributed by atoms with van der Waals surface area (Å²) in [6.07, 6.45) is 2.29. The van der Waals surface area contributed by atoms with E-state index in [0.29, 0.717) is 18.5 Å². The molecule has 0 radical (unpaired) electrons. The minimum Gasteiger partial charge on any atom is -0.496 e. The van der Waals surface area contributed by atoms with Gasteiger partial charge in [0.15, 0.2) is 0 Å². The summed E-state index contributed by atoms with van der Waals surface area (Å²) >= 11 is 0. The minimum absolute atomic E-state index is 0.0921. The lowest BCUT2D eigenvalue weighted by Gasteiger charge is -2.25. The first kappa shape index (κ1) is 18.3. The van der Waals surface area contributed by atoms with E-state index in [4.69, 9.17) is 9.47 Å². The molecule has 1 amide bonds. The Morgan fingerprint density at radius 1 is 1.25 bits per heavy atom. The van der Waals surface area contributed by atoms with Crippen LogP contribution in [0.1, 0.15) is 35.2 Å². The fourth-order valence-electron chi connectivity index (χ4n) is 3.19. The van der Waals surface area contributed by atoms with Crippen molar-refractivity contribution in [2.45, 2.75) is 38.3 Å². The lowest BCUT2D eigenvalue weighted by molar-refractivity contribution is -0.141. The molecule has 1 fully saturated rings. The summed E-state index contributed by atoms with van der Waals surface area (Å²) in [6.45, 7) is 2.48. The van der Waals surface area contributed by atoms with Gasteiger partial charge in [-0.3, -0.25) is 14.5 Å². The lowest BCUT2D eigenvalue weighted by atomic mass is 10.1. The smallest absolute Gasteiger partial charge is 0.307 e. The van der Waals surface area contributed by atoms with E-state index < -0.39 is 0 Å². The highest BCUT2D eigenvalue weighted by Gasteiger charge is 2.32. The van der Waals surface area contributed by atoms with Gasteiger partial charge >= 0.3 is 5.97 Å². The van der Waals surface area contributed by atoms with Crippen molar-refractivity contribution in [1.82, 2.24) is 10.2 Å². The number of likely N-dealkylation sites (tertiary alicyclic amines) is 1. The molecule has 1 saturated heterocycles. The largest absolute Gasteiger partial charge is 0.496 e. The number of rotatable bonds is 6. The number of methoxy groups -OCH3 is 2. The number of amides is 1. The van der Waals surface area contributed by atoms with Crippen LogP contribution in [0.5, 0.6) is 5.75 Å². The Labute approximate surface area is 143 Å². The highest BCUT2D eigenvalue weighted by molar-refractivity contribution is 5.94. The molecule has 1 N–H and O–H groups in total. The summed E-state index contributed by atoms with van der Waals surface area (Å²) in [6, 6.07) is 5.82. The molecule has 0 saturated carbocycles. The summed E-state index contributed by atoms with van der Waals surface area (Å²) in [5.41, 5.74) is 1.56. The SMILES string of the molecule is COC(=O)C[C@H]1CC[C@@H](CNC(=O)c2ccc(OC)c(C)c2)N1C. The normalized spacial score (nSPS) is 20.7. The van der Waals surface area contributed by atoms with Gasteiger partial charge in [-0.15, -0.1) is 0 Å². The second-order valence-corrected chi connectivity index (χ2v) is 6.23. The molecule has 1 aromatic rings. The van der Waals surface area contributed by atoms with Crippen molar-refractivity contribution in [2.24, 2.45) is 0 Å². The van der Waals surface area contributed by atoms with Crippen LogP contribution in [-0.2, 0) is 9.53 Å². The van der Waals surface area contributed by atoms with Crippen LogP contribution < -0.4 is 10.1 Å². The molecule has 0 bridgehead atoms. The average molecular weight is 334 g/mol. The first-order chi connectivity index (χ1) is 11.5. The van der Waals surface area contributed by atoms with E-state index in [1.165, 1.54) is 7.11 Å². The Hall–Kier alpha value is -2.08. The summed E-state index contributed by atoms with van der Waals surface area (Å²) in [5.74, 6) is 0.489. The van der Waals surface area contributed by atoms with Crippen LogP contribution in [0.4, 0.5) is 0 Å². The zero-order chi connectivity index (χ0) is 17.7. The van der Waals surface area contributed by atoms with Gasteiger partial charge in [0.1, 0.15) is 5.75 Å². The van der Waals surface area contributed by atoms with Gasteiger partial charge in [0, 0.05) is 24.2 Å². The Morgan fingerprint density at radius 2 is 1.96 bits per heavy atom. The van der Waals surface area contributed by atoms with Gasteiger partial charge in [0.25, 0.3) is 5.91 Å². The zero-order valence-corrected chi connectivity index (χ0v) is 14.8. The third-order valence-corrected chi connectivity index (χ3v) is 4.77. The van der Waals surface area contributed by atoms with E-state index in [0.717, 1.165) is 24.2 Å². The number of ether oxygens (including phenoxy) is 2. The number of hydrogen-bond donors (Lipinski definition) is 1. The monoisotopic (exact) mass is 334 g/mol. The van der Waals surface area contributed by atoms with Crippen LogP contribution in [0.25, 0.3) is 0 Å². The summed E-state index contributed by atoms with van der Waals surface area (Å²) < 4.78 is 9.95. The Kier molecular flexibility index (Phi) is 6.20. The molecule has 1 aromatic carbocycles. The van der Waals surface area contributed by atoms with Crippen molar-refractivity contribution < 1.29 is 19.1 Å². The molecule has 1 heterocycles. The number of carbonyl (C=O) groups excluding carboxylic acids is 2. The van der Waals surface area contributed by atoms with Gasteiger partial charge in [0.05, 0.1) is 20.6 Å². The number of hydrogen-bond acceptors (Lipinski definition) is 5. The molecule has 1 aliphatic heterocycles. The number of esters is 1. The fraction of sp³-hybridized carbons (Fsp3) is 0.556. The number of benzene rings is 1. The molecule has 6 nitrogen and oxygen atoms in total. The first-order valence-corrected chi connectivity index (χ1v) is 8.17. The second-order valence-electron chi connectivity index (χ2n) is 6.23. The zero-order valence-electron chi connectivity index (χ0n) is 14.8. The Bertz CT molecular complexity index is 603. The number of nitrogens with one attached hydrogen (secondary N) is 1. The molecular formula is C18H26N2O4. The van der Waals surface area contributed by atoms with Crippen molar-refractivity contribution in [3.63, 3.8) is 0 Å². The maximum atomic E-state index is 12.3. The number of likely N-dealkylation sites (N-methyl/N-ethyl adjacent to an activating group) is 1. The highest BCUT2D eigenvalue weighted by Crippen LogP contribution is 2.24. The quantitative estimate of drug-likeness (QED) is 0.803. The summed E-state index contributed by atoms with van der Waals surface area (Å²) in [5, 5.41) is 2.99. The maximum Gasteiger partial charge on any atom is 0.307 e. The summed E-state index contributed by atoms with van der Waals surface area (Å²) in [7, 11) is 5.02. The van der Waals surface area contributed by atoms with Gasteiger partial charge < -0.3 is 14.8 Å². The van der Waals surface area contributed by atoms with E-state index in [9.17, 15) is 9.59 Å². The molecular weight excluding hydrogens is 308 g/mol. The second kappa shape index (κ2) is 8.15. The van der Waals surface area contributed by atoms with E-state index in [1.54, 1.807) is 19.2 Å². The number of nitrogens with zero attached hydrogens (tertiary/aromatic N) is 1. The molecule has 0 aliphatic carbocycles. The molecule has 132 valence electrons. The topological polar surface area (TPSA) is 67.9 Å². The van der Waals surface area contributed by atoms with E-state index in [2.05, 4.69) is 10.2 Å². The van der Waals surface area contributed by atoms with Gasteiger partial charge in [-0.1, -0.05) is 0 Å². The van der Waals surface area contributed by atoms with Crippen LogP contribution in [-0.4, -0.2) is 56.7 Å². The molecule has 0 aromatic heterocycles. The van der Waals surface area contributed by atoms with Gasteiger partial charge in [0.2, 0.25) is 0 Å². The average Bonchev–Trinajstić information content (AvgIpc) is 2.92. The molecule has 24 heavy (non-hydrogen) atoms. The highest BCUT2D eigenvalue weighted by atomic mass is 16.5. The van der Waals surface area contributed by atoms with Crippen molar-refractivity contribution in [3.8, 4) is 5.75 Å². The van der Waals surface area contributed by atoms with Gasteiger partial charge in [-0.25, -0.2) is 0 Å². The van der Waals surface area contributed by atoms with Crippen molar-refractivity contribution in [1.29, 1.82) is 0 Å². The van der Waals surface area contributed by atoms with E-state index >= 15 is 0 Å². The first-order valence-electron chi connectivity index (χ1n) is 8.17. The van der Waals surface area contributed by atoms with Crippen LogP contribution in [0.2, 0.25) is 0 Å².